The van der Waals surface area contributed by atoms with Crippen molar-refractivity contribution in [3.05, 3.63) is 18.2 Å². The van der Waals surface area contributed by atoms with E-state index < -0.39 is 0 Å². The topological polar surface area (TPSA) is 76.2 Å². The Morgan fingerprint density at radius 2 is 2.33 bits per heavy atom. The first kappa shape index (κ1) is 15.7. The number of carbonyl (C=O) groups excluding carboxylic acids is 1. The van der Waals surface area contributed by atoms with Crippen LogP contribution in [-0.2, 0) is 9.53 Å². The molecule has 114 valence electrons. The number of hydrogen-bond donors (Lipinski definition) is 2. The van der Waals surface area contributed by atoms with E-state index in [-0.39, 0.29) is 12.0 Å². The number of likely N-dealkylation sites (N-methyl/N-ethyl adjacent to an activating group) is 1. The van der Waals surface area contributed by atoms with Gasteiger partial charge < -0.3 is 19.8 Å². The Hall–Kier alpha value is -1.73. The molecule has 0 saturated heterocycles. The molecule has 2 rings (SSSR count). The van der Waals surface area contributed by atoms with Gasteiger partial charge in [0.05, 0.1) is 24.8 Å². The van der Waals surface area contributed by atoms with Crippen LogP contribution >= 0.6 is 11.8 Å². The SMILES string of the molecule is CCOC(=O)C(CSc1nc2ccc(OC)cc2[nH]1)NC. The summed E-state index contributed by atoms with van der Waals surface area (Å²) < 4.78 is 10.2. The van der Waals surface area contributed by atoms with Gasteiger partial charge in [0.1, 0.15) is 11.8 Å². The van der Waals surface area contributed by atoms with Gasteiger partial charge in [-0.3, -0.25) is 4.79 Å². The van der Waals surface area contributed by atoms with E-state index in [1.807, 2.05) is 18.2 Å². The summed E-state index contributed by atoms with van der Waals surface area (Å²) in [7, 11) is 3.37. The quantitative estimate of drug-likeness (QED) is 0.600. The number of rotatable bonds is 7. The Morgan fingerprint density at radius 3 is 3.00 bits per heavy atom. The van der Waals surface area contributed by atoms with Crippen LogP contribution in [-0.4, -0.2) is 48.5 Å². The Morgan fingerprint density at radius 1 is 1.52 bits per heavy atom. The minimum absolute atomic E-state index is 0.245. The van der Waals surface area contributed by atoms with Crippen LogP contribution in [0.2, 0.25) is 0 Å². The summed E-state index contributed by atoms with van der Waals surface area (Å²) in [5, 5.41) is 3.72. The van der Waals surface area contributed by atoms with Gasteiger partial charge in [-0.25, -0.2) is 4.98 Å². The normalized spacial score (nSPS) is 12.3. The van der Waals surface area contributed by atoms with Crippen LogP contribution < -0.4 is 10.1 Å². The number of carbonyl (C=O) groups is 1. The Kier molecular flexibility index (Phi) is 5.46. The number of fused-ring (bicyclic) bond motifs is 1. The molecule has 7 heteroatoms. The zero-order chi connectivity index (χ0) is 15.2. The van der Waals surface area contributed by atoms with Crippen molar-refractivity contribution in [3.8, 4) is 5.75 Å². The first-order valence-corrected chi connectivity index (χ1v) is 7.67. The molecule has 2 aromatic rings. The molecule has 0 aliphatic carbocycles. The van der Waals surface area contributed by atoms with Crippen LogP contribution in [0, 0.1) is 0 Å². The summed E-state index contributed by atoms with van der Waals surface area (Å²) in [6.07, 6.45) is 0. The summed E-state index contributed by atoms with van der Waals surface area (Å²) >= 11 is 1.48. The summed E-state index contributed by atoms with van der Waals surface area (Å²) in [5.41, 5.74) is 1.78. The minimum atomic E-state index is -0.349. The molecule has 1 atom stereocenters. The molecule has 21 heavy (non-hydrogen) atoms. The van der Waals surface area contributed by atoms with Crippen LogP contribution in [0.15, 0.2) is 23.4 Å². The number of aromatic amines is 1. The second-order valence-corrected chi connectivity index (χ2v) is 5.34. The summed E-state index contributed by atoms with van der Waals surface area (Å²) in [5.74, 6) is 1.08. The molecule has 0 spiro atoms. The number of thioether (sulfide) groups is 1. The number of methoxy groups -OCH3 is 1. The predicted octanol–water partition coefficient (Wildman–Crippen LogP) is 1.81. The maximum absolute atomic E-state index is 11.7. The van der Waals surface area contributed by atoms with Gasteiger partial charge in [-0.15, -0.1) is 0 Å². The molecule has 6 nitrogen and oxygen atoms in total. The van der Waals surface area contributed by atoms with E-state index in [4.69, 9.17) is 9.47 Å². The van der Waals surface area contributed by atoms with Crippen LogP contribution in [0.4, 0.5) is 0 Å². The fraction of sp³-hybridized carbons (Fsp3) is 0.429. The first-order chi connectivity index (χ1) is 10.2. The van der Waals surface area contributed by atoms with Gasteiger partial charge in [0.25, 0.3) is 0 Å². The number of imidazole rings is 1. The largest absolute Gasteiger partial charge is 0.497 e. The maximum Gasteiger partial charge on any atom is 0.323 e. The number of H-pyrrole nitrogens is 1. The second-order valence-electron chi connectivity index (χ2n) is 4.33. The number of benzene rings is 1. The zero-order valence-electron chi connectivity index (χ0n) is 12.3. The van der Waals surface area contributed by atoms with Gasteiger partial charge in [0.15, 0.2) is 5.16 Å². The molecular weight excluding hydrogens is 290 g/mol. The molecule has 0 aliphatic rings. The lowest BCUT2D eigenvalue weighted by Crippen LogP contribution is -2.37. The number of nitrogens with one attached hydrogen (secondary N) is 2. The van der Waals surface area contributed by atoms with Gasteiger partial charge in [0, 0.05) is 11.8 Å². The fourth-order valence-corrected chi connectivity index (χ4v) is 2.81. The maximum atomic E-state index is 11.7. The van der Waals surface area contributed by atoms with Crippen molar-refractivity contribution in [2.24, 2.45) is 0 Å². The highest BCUT2D eigenvalue weighted by atomic mass is 32.2. The molecule has 1 aromatic heterocycles. The molecule has 0 radical (unpaired) electrons. The van der Waals surface area contributed by atoms with E-state index in [1.54, 1.807) is 21.1 Å². The molecule has 1 aromatic carbocycles. The van der Waals surface area contributed by atoms with Crippen LogP contribution in [0.3, 0.4) is 0 Å². The average molecular weight is 309 g/mol. The number of nitrogens with zero attached hydrogens (tertiary/aromatic N) is 1. The molecule has 2 N–H and O–H groups in total. The van der Waals surface area contributed by atoms with E-state index >= 15 is 0 Å². The molecule has 1 heterocycles. The lowest BCUT2D eigenvalue weighted by atomic mass is 10.3. The van der Waals surface area contributed by atoms with E-state index in [9.17, 15) is 4.79 Å². The van der Waals surface area contributed by atoms with Crippen molar-refractivity contribution in [3.63, 3.8) is 0 Å². The summed E-state index contributed by atoms with van der Waals surface area (Å²) in [6.45, 7) is 2.18. The summed E-state index contributed by atoms with van der Waals surface area (Å²) in [4.78, 5) is 19.4. The molecule has 0 amide bonds. The highest BCUT2D eigenvalue weighted by Gasteiger charge is 2.18. The lowest BCUT2D eigenvalue weighted by molar-refractivity contribution is -0.144. The van der Waals surface area contributed by atoms with Crippen molar-refractivity contribution in [2.75, 3.05) is 26.5 Å². The number of aromatic nitrogens is 2. The van der Waals surface area contributed by atoms with Crippen molar-refractivity contribution in [2.45, 2.75) is 18.1 Å². The van der Waals surface area contributed by atoms with E-state index in [1.165, 1.54) is 11.8 Å². The average Bonchev–Trinajstić information content (AvgIpc) is 2.89. The molecule has 0 aliphatic heterocycles. The van der Waals surface area contributed by atoms with Crippen LogP contribution in [0.5, 0.6) is 5.75 Å². The molecule has 0 fully saturated rings. The van der Waals surface area contributed by atoms with E-state index in [2.05, 4.69) is 15.3 Å². The second kappa shape index (κ2) is 7.33. The fourth-order valence-electron chi connectivity index (χ4n) is 1.83. The van der Waals surface area contributed by atoms with E-state index in [0.717, 1.165) is 21.9 Å². The molecule has 0 bridgehead atoms. The van der Waals surface area contributed by atoms with Crippen LogP contribution in [0.25, 0.3) is 11.0 Å². The van der Waals surface area contributed by atoms with Gasteiger partial charge in [-0.1, -0.05) is 11.8 Å². The third-order valence-electron chi connectivity index (χ3n) is 2.97. The van der Waals surface area contributed by atoms with Crippen molar-refractivity contribution >= 4 is 28.8 Å². The third kappa shape index (κ3) is 3.89. The van der Waals surface area contributed by atoms with Gasteiger partial charge >= 0.3 is 5.97 Å². The Balaban J connectivity index is 2.04. The monoisotopic (exact) mass is 309 g/mol. The highest BCUT2D eigenvalue weighted by Crippen LogP contribution is 2.23. The lowest BCUT2D eigenvalue weighted by Gasteiger charge is -2.13. The highest BCUT2D eigenvalue weighted by molar-refractivity contribution is 7.99. The molecule has 0 saturated carbocycles. The first-order valence-electron chi connectivity index (χ1n) is 6.68. The van der Waals surface area contributed by atoms with Gasteiger partial charge in [0.2, 0.25) is 0 Å². The zero-order valence-corrected chi connectivity index (χ0v) is 13.1. The summed E-state index contributed by atoms with van der Waals surface area (Å²) in [6, 6.07) is 5.31. The molecular formula is C14H19N3O3S. The standard InChI is InChI=1S/C14H19N3O3S/c1-4-20-13(18)12(15-2)8-21-14-16-10-6-5-9(19-3)7-11(10)17-14/h5-7,12,15H,4,8H2,1-3H3,(H,16,17). The Labute approximate surface area is 127 Å². The number of hydrogen-bond acceptors (Lipinski definition) is 6. The van der Waals surface area contributed by atoms with Gasteiger partial charge in [-0.2, -0.15) is 0 Å². The van der Waals surface area contributed by atoms with Crippen LogP contribution in [0.1, 0.15) is 6.92 Å². The smallest absolute Gasteiger partial charge is 0.323 e. The van der Waals surface area contributed by atoms with Crippen molar-refractivity contribution < 1.29 is 14.3 Å². The van der Waals surface area contributed by atoms with E-state index in [0.29, 0.717) is 12.4 Å². The third-order valence-corrected chi connectivity index (χ3v) is 3.94. The minimum Gasteiger partial charge on any atom is -0.497 e. The Bertz CT molecular complexity index is 615. The number of ether oxygens (including phenoxy) is 2. The number of esters is 1. The van der Waals surface area contributed by atoms with Crippen molar-refractivity contribution in [1.82, 2.24) is 15.3 Å². The van der Waals surface area contributed by atoms with Gasteiger partial charge in [-0.05, 0) is 26.1 Å². The van der Waals surface area contributed by atoms with Crippen molar-refractivity contribution in [1.29, 1.82) is 0 Å². The predicted molar refractivity (Wildman–Crippen MR) is 82.9 cm³/mol. The molecule has 1 unspecified atom stereocenters.